The van der Waals surface area contributed by atoms with E-state index < -0.39 is 23.5 Å². The molecule has 16 heavy (non-hydrogen) atoms. The number of hydrogen-bond donors (Lipinski definition) is 0. The van der Waals surface area contributed by atoms with Crippen LogP contribution in [0.5, 0.6) is 0 Å². The zero-order valence-corrected chi connectivity index (χ0v) is 9.62. The van der Waals surface area contributed by atoms with Crippen LogP contribution < -0.4 is 0 Å². The molecular weight excluding hydrogens is 260 g/mol. The molecule has 0 atom stereocenters. The molecule has 0 aliphatic heterocycles. The Hall–Kier alpha value is -1.08. The summed E-state index contributed by atoms with van der Waals surface area (Å²) in [6.45, 7) is 12.2. The molecule has 0 fully saturated rings. The van der Waals surface area contributed by atoms with Crippen molar-refractivity contribution in [2.24, 2.45) is 0 Å². The summed E-state index contributed by atoms with van der Waals surface area (Å²) in [6.07, 6.45) is 0. The van der Waals surface area contributed by atoms with Gasteiger partial charge in [-0.2, -0.15) is 0 Å². The SMILES string of the molecule is [2H]c1c([2H])c([2H])c2c(c1[2H])-c1c([2H])c([2H])c(Br)c([2H])c1C2([CH])[CH]. The number of halogens is 1. The Balaban J connectivity index is 2.63. The fraction of sp³-hybridized carbons (Fsp3) is 0.0667. The third-order valence-corrected chi connectivity index (χ3v) is 2.94. The number of benzene rings is 2. The third-order valence-electron chi connectivity index (χ3n) is 2.55. The molecule has 0 heterocycles. The van der Waals surface area contributed by atoms with E-state index in [2.05, 4.69) is 15.9 Å². The molecular formula is C15H9Br. The summed E-state index contributed by atoms with van der Waals surface area (Å²) in [5.74, 6) is 0. The first-order chi connectivity index (χ1) is 10.5. The molecule has 0 aromatic heterocycles. The van der Waals surface area contributed by atoms with E-state index in [0.717, 1.165) is 0 Å². The average Bonchev–Trinajstić information content (AvgIpc) is 2.74. The van der Waals surface area contributed by atoms with Crippen molar-refractivity contribution in [2.45, 2.75) is 5.41 Å². The summed E-state index contributed by atoms with van der Waals surface area (Å²) >= 11 is 3.07. The molecule has 0 saturated carbocycles. The minimum absolute atomic E-state index is 0.00417. The fourth-order valence-electron chi connectivity index (χ4n) is 1.82. The predicted octanol–water partition coefficient (Wildman–Crippen LogP) is 4.14. The lowest BCUT2D eigenvalue weighted by Gasteiger charge is -2.20. The molecule has 1 heteroatoms. The minimum atomic E-state index is -1.84. The van der Waals surface area contributed by atoms with Crippen molar-refractivity contribution in [3.63, 3.8) is 0 Å². The van der Waals surface area contributed by atoms with E-state index in [1.54, 1.807) is 0 Å². The van der Waals surface area contributed by atoms with Gasteiger partial charge >= 0.3 is 0 Å². The van der Waals surface area contributed by atoms with E-state index in [9.17, 15) is 0 Å². The lowest BCUT2D eigenvalue weighted by atomic mass is 9.82. The number of hydrogen-bond acceptors (Lipinski definition) is 0. The van der Waals surface area contributed by atoms with Crippen LogP contribution >= 0.6 is 15.9 Å². The highest BCUT2D eigenvalue weighted by molar-refractivity contribution is 9.10. The van der Waals surface area contributed by atoms with Gasteiger partial charge in [0.2, 0.25) is 0 Å². The van der Waals surface area contributed by atoms with Gasteiger partial charge in [-0.05, 0) is 48.2 Å². The highest BCUT2D eigenvalue weighted by Crippen LogP contribution is 2.48. The van der Waals surface area contributed by atoms with Crippen LogP contribution in [0, 0.1) is 13.8 Å². The monoisotopic (exact) mass is 275 g/mol. The van der Waals surface area contributed by atoms with Gasteiger partial charge in [0.1, 0.15) is 0 Å². The fourth-order valence-corrected chi connectivity index (χ4v) is 2.11. The van der Waals surface area contributed by atoms with Gasteiger partial charge in [0, 0.05) is 9.89 Å². The Morgan fingerprint density at radius 2 is 1.69 bits per heavy atom. The summed E-state index contributed by atoms with van der Waals surface area (Å²) in [5, 5.41) is 0. The van der Waals surface area contributed by atoms with Gasteiger partial charge in [-0.1, -0.05) is 46.1 Å². The summed E-state index contributed by atoms with van der Waals surface area (Å²) in [7, 11) is 0. The number of fused-ring (bicyclic) bond motifs is 3. The molecule has 0 N–H and O–H groups in total. The van der Waals surface area contributed by atoms with Crippen molar-refractivity contribution in [3.05, 3.63) is 71.7 Å². The van der Waals surface area contributed by atoms with Gasteiger partial charge in [-0.15, -0.1) is 0 Å². The Bertz CT molecular complexity index is 815. The van der Waals surface area contributed by atoms with Crippen LogP contribution in [0.1, 0.15) is 20.7 Å². The summed E-state index contributed by atoms with van der Waals surface area (Å²) in [6, 6.07) is -2.48. The molecule has 3 rings (SSSR count). The first-order valence-corrected chi connectivity index (χ1v) is 5.31. The Kier molecular flexibility index (Phi) is 1.01. The van der Waals surface area contributed by atoms with Crippen molar-refractivity contribution in [2.75, 3.05) is 0 Å². The van der Waals surface area contributed by atoms with Crippen LogP contribution in [-0.4, -0.2) is 0 Å². The van der Waals surface area contributed by atoms with E-state index in [0.29, 0.717) is 0 Å². The van der Waals surface area contributed by atoms with Crippen LogP contribution in [0.4, 0.5) is 0 Å². The van der Waals surface area contributed by atoms with Crippen molar-refractivity contribution >= 4 is 15.9 Å². The standard InChI is InChI=1S/C15H9Br/c1-15(2)13-6-4-3-5-11(13)12-8-7-10(16)9-14(12)15/h1-9H/i3D,4D,5D,6D,7D,8D,9D. The van der Waals surface area contributed by atoms with Gasteiger partial charge in [0.05, 0.1) is 9.60 Å². The first kappa shape index (κ1) is 5.05. The minimum Gasteiger partial charge on any atom is -0.0619 e. The zero-order valence-electron chi connectivity index (χ0n) is 15.0. The molecule has 0 amide bonds. The predicted molar refractivity (Wildman–Crippen MR) is 69.0 cm³/mol. The molecule has 1 aliphatic carbocycles. The van der Waals surface area contributed by atoms with E-state index in [4.69, 9.17) is 23.4 Å². The molecule has 2 aromatic carbocycles. The molecule has 0 bridgehead atoms. The van der Waals surface area contributed by atoms with Gasteiger partial charge in [-0.25, -0.2) is 0 Å². The van der Waals surface area contributed by atoms with Crippen molar-refractivity contribution < 1.29 is 9.60 Å². The van der Waals surface area contributed by atoms with E-state index in [1.165, 1.54) is 0 Å². The molecule has 1 aliphatic rings. The van der Waals surface area contributed by atoms with E-state index in [1.807, 2.05) is 0 Å². The second-order valence-corrected chi connectivity index (χ2v) is 4.35. The lowest BCUT2D eigenvalue weighted by molar-refractivity contribution is 0.834. The number of rotatable bonds is 0. The highest BCUT2D eigenvalue weighted by atomic mass is 79.9. The Morgan fingerprint density at radius 1 is 1.00 bits per heavy atom. The summed E-state index contributed by atoms with van der Waals surface area (Å²) < 4.78 is 56.0. The average molecular weight is 276 g/mol. The maximum atomic E-state index is 8.17. The van der Waals surface area contributed by atoms with Crippen molar-refractivity contribution in [1.29, 1.82) is 0 Å². The van der Waals surface area contributed by atoms with Gasteiger partial charge < -0.3 is 0 Å². The zero-order chi connectivity index (χ0) is 17.4. The molecule has 0 spiro atoms. The van der Waals surface area contributed by atoms with Crippen LogP contribution in [0.25, 0.3) is 11.1 Å². The molecule has 76 valence electrons. The maximum absolute atomic E-state index is 8.17. The van der Waals surface area contributed by atoms with Crippen molar-refractivity contribution in [1.82, 2.24) is 0 Å². The van der Waals surface area contributed by atoms with Crippen LogP contribution in [0.15, 0.2) is 46.8 Å². The maximum Gasteiger partial charge on any atom is 0.0638 e. The Morgan fingerprint density at radius 3 is 2.50 bits per heavy atom. The second-order valence-electron chi connectivity index (χ2n) is 3.56. The lowest BCUT2D eigenvalue weighted by Crippen LogP contribution is -2.15. The van der Waals surface area contributed by atoms with Crippen LogP contribution in [-0.2, 0) is 5.41 Å². The topological polar surface area (TPSA) is 0 Å². The normalized spacial score (nSPS) is 21.8. The van der Waals surface area contributed by atoms with Crippen molar-refractivity contribution in [3.8, 4) is 11.1 Å². The quantitative estimate of drug-likeness (QED) is 0.678. The van der Waals surface area contributed by atoms with E-state index in [-0.39, 0.29) is 50.9 Å². The largest absolute Gasteiger partial charge is 0.0638 e. The molecule has 4 radical (unpaired) electrons. The highest BCUT2D eigenvalue weighted by Gasteiger charge is 2.35. The van der Waals surface area contributed by atoms with Gasteiger partial charge in [0.25, 0.3) is 0 Å². The van der Waals surface area contributed by atoms with Crippen LogP contribution in [0.2, 0.25) is 0 Å². The second kappa shape index (κ2) is 3.21. The third kappa shape index (κ3) is 1.21. The molecule has 0 saturated heterocycles. The first-order valence-electron chi connectivity index (χ1n) is 8.02. The Labute approximate surface area is 114 Å². The van der Waals surface area contributed by atoms with Crippen LogP contribution in [0.3, 0.4) is 0 Å². The summed E-state index contributed by atoms with van der Waals surface area (Å²) in [5.41, 5.74) is -1.86. The molecule has 0 nitrogen and oxygen atoms in total. The van der Waals surface area contributed by atoms with Gasteiger partial charge in [0.15, 0.2) is 0 Å². The molecule has 2 aromatic rings. The molecule has 0 unspecified atom stereocenters. The van der Waals surface area contributed by atoms with E-state index >= 15 is 0 Å². The summed E-state index contributed by atoms with van der Waals surface area (Å²) in [4.78, 5) is 0. The van der Waals surface area contributed by atoms with Gasteiger partial charge in [-0.3, -0.25) is 0 Å². The smallest absolute Gasteiger partial charge is 0.0619 e.